The van der Waals surface area contributed by atoms with Crippen molar-refractivity contribution >= 4 is 17.3 Å². The molecule has 0 saturated heterocycles. The molecule has 2 aliphatic carbocycles. The summed E-state index contributed by atoms with van der Waals surface area (Å²) >= 11 is 5.17. The van der Waals surface area contributed by atoms with Crippen molar-refractivity contribution in [1.29, 1.82) is 0 Å². The van der Waals surface area contributed by atoms with Crippen LogP contribution in [-0.4, -0.2) is 17.2 Å². The lowest BCUT2D eigenvalue weighted by atomic mass is 10.2. The number of thiocarbonyl (C=S) groups is 1. The van der Waals surface area contributed by atoms with E-state index in [9.17, 15) is 0 Å². The molecule has 2 saturated carbocycles. The molecule has 0 aliphatic heterocycles. The average Bonchev–Trinajstić information content (AvgIpc) is 2.83. The Bertz CT molecular complexity index is 185. The van der Waals surface area contributed by atoms with Crippen LogP contribution in [0.25, 0.3) is 0 Å². The van der Waals surface area contributed by atoms with E-state index in [1.54, 1.807) is 0 Å². The highest BCUT2D eigenvalue weighted by atomic mass is 32.1. The number of hydrogen-bond acceptors (Lipinski definition) is 1. The minimum atomic E-state index is 0.573. The molecule has 1 atom stereocenters. The predicted octanol–water partition coefficient (Wildman–Crippen LogP) is 1.41. The Kier molecular flexibility index (Phi) is 2.22. The molecular weight excluding hydrogens is 168 g/mol. The fraction of sp³-hybridized carbons (Fsp3) is 0.889. The molecule has 0 heterocycles. The van der Waals surface area contributed by atoms with Crippen molar-refractivity contribution in [3.63, 3.8) is 0 Å². The molecule has 0 aromatic rings. The van der Waals surface area contributed by atoms with Crippen LogP contribution in [0.3, 0.4) is 0 Å². The molecule has 2 aliphatic rings. The minimum absolute atomic E-state index is 0.573. The lowest BCUT2D eigenvalue weighted by Gasteiger charge is -2.15. The molecule has 3 heteroatoms. The summed E-state index contributed by atoms with van der Waals surface area (Å²) in [7, 11) is 0. The molecule has 0 radical (unpaired) electrons. The summed E-state index contributed by atoms with van der Waals surface area (Å²) in [6.45, 7) is 2.22. The molecule has 0 amide bonds. The van der Waals surface area contributed by atoms with Crippen LogP contribution in [0.1, 0.15) is 32.6 Å². The van der Waals surface area contributed by atoms with E-state index < -0.39 is 0 Å². The zero-order valence-electron chi connectivity index (χ0n) is 7.47. The molecular formula is C9H16N2S. The fourth-order valence-corrected chi connectivity index (χ4v) is 1.73. The van der Waals surface area contributed by atoms with Gasteiger partial charge in [-0.05, 0) is 50.7 Å². The number of rotatable bonds is 3. The van der Waals surface area contributed by atoms with Gasteiger partial charge in [0.1, 0.15) is 0 Å². The monoisotopic (exact) mass is 184 g/mol. The van der Waals surface area contributed by atoms with Gasteiger partial charge in [-0.3, -0.25) is 0 Å². The summed E-state index contributed by atoms with van der Waals surface area (Å²) in [6, 6.07) is 1.25. The first-order valence-electron chi connectivity index (χ1n) is 4.83. The van der Waals surface area contributed by atoms with Gasteiger partial charge in [0, 0.05) is 12.1 Å². The van der Waals surface area contributed by atoms with Crippen molar-refractivity contribution in [3.8, 4) is 0 Å². The lowest BCUT2D eigenvalue weighted by molar-refractivity contribution is 0.580. The van der Waals surface area contributed by atoms with Gasteiger partial charge in [0.15, 0.2) is 5.11 Å². The zero-order valence-corrected chi connectivity index (χ0v) is 8.29. The van der Waals surface area contributed by atoms with Crippen LogP contribution in [0.5, 0.6) is 0 Å². The van der Waals surface area contributed by atoms with E-state index in [0.717, 1.165) is 11.0 Å². The summed E-state index contributed by atoms with van der Waals surface area (Å²) in [5.74, 6) is 0.879. The van der Waals surface area contributed by atoms with Crippen LogP contribution < -0.4 is 10.6 Å². The summed E-state index contributed by atoms with van der Waals surface area (Å²) < 4.78 is 0. The molecule has 2 nitrogen and oxygen atoms in total. The second-order valence-electron chi connectivity index (χ2n) is 4.02. The maximum Gasteiger partial charge on any atom is 0.166 e. The summed E-state index contributed by atoms with van der Waals surface area (Å²) in [5, 5.41) is 7.48. The lowest BCUT2D eigenvalue weighted by Crippen LogP contribution is -2.42. The van der Waals surface area contributed by atoms with E-state index in [4.69, 9.17) is 12.2 Å². The van der Waals surface area contributed by atoms with Crippen molar-refractivity contribution in [3.05, 3.63) is 0 Å². The Morgan fingerprint density at radius 2 is 2.00 bits per heavy atom. The van der Waals surface area contributed by atoms with E-state index in [1.165, 1.54) is 25.7 Å². The van der Waals surface area contributed by atoms with Gasteiger partial charge in [0.05, 0.1) is 0 Å². The fourth-order valence-electron chi connectivity index (χ4n) is 1.38. The zero-order chi connectivity index (χ0) is 8.55. The van der Waals surface area contributed by atoms with E-state index in [-0.39, 0.29) is 0 Å². The maximum atomic E-state index is 5.17. The predicted molar refractivity (Wildman–Crippen MR) is 54.1 cm³/mol. The molecule has 2 rings (SSSR count). The van der Waals surface area contributed by atoms with Gasteiger partial charge in [-0.2, -0.15) is 0 Å². The topological polar surface area (TPSA) is 24.1 Å². The van der Waals surface area contributed by atoms with Gasteiger partial charge >= 0.3 is 0 Å². The number of nitrogens with one attached hydrogen (secondary N) is 2. The standard InChI is InChI=1S/C9H16N2S/c1-6(7-2-3-7)10-9(12)11-8-4-5-8/h6-8H,2-5H2,1H3,(H2,10,11,12). The maximum absolute atomic E-state index is 5.17. The number of hydrogen-bond donors (Lipinski definition) is 2. The van der Waals surface area contributed by atoms with Crippen molar-refractivity contribution in [1.82, 2.24) is 10.6 Å². The van der Waals surface area contributed by atoms with Crippen molar-refractivity contribution in [2.75, 3.05) is 0 Å². The van der Waals surface area contributed by atoms with Crippen LogP contribution in [0, 0.1) is 5.92 Å². The first kappa shape index (κ1) is 8.30. The summed E-state index contributed by atoms with van der Waals surface area (Å²) in [4.78, 5) is 0. The van der Waals surface area contributed by atoms with Crippen molar-refractivity contribution in [2.45, 2.75) is 44.7 Å². The van der Waals surface area contributed by atoms with Crippen molar-refractivity contribution < 1.29 is 0 Å². The first-order chi connectivity index (χ1) is 5.75. The van der Waals surface area contributed by atoms with Gasteiger partial charge in [-0.1, -0.05) is 0 Å². The second kappa shape index (κ2) is 3.21. The Morgan fingerprint density at radius 1 is 1.33 bits per heavy atom. The molecule has 0 bridgehead atoms. The molecule has 2 N–H and O–H groups in total. The highest BCUT2D eigenvalue weighted by Gasteiger charge is 2.29. The van der Waals surface area contributed by atoms with Crippen LogP contribution in [0.2, 0.25) is 0 Å². The van der Waals surface area contributed by atoms with E-state index in [2.05, 4.69) is 17.6 Å². The minimum Gasteiger partial charge on any atom is -0.360 e. The smallest absolute Gasteiger partial charge is 0.166 e. The van der Waals surface area contributed by atoms with Gasteiger partial charge in [-0.25, -0.2) is 0 Å². The Balaban J connectivity index is 1.65. The molecule has 68 valence electrons. The van der Waals surface area contributed by atoms with Gasteiger partial charge in [0.25, 0.3) is 0 Å². The largest absolute Gasteiger partial charge is 0.360 e. The highest BCUT2D eigenvalue weighted by Crippen LogP contribution is 2.32. The van der Waals surface area contributed by atoms with Crippen LogP contribution in [0.15, 0.2) is 0 Å². The second-order valence-corrected chi connectivity index (χ2v) is 4.43. The van der Waals surface area contributed by atoms with Crippen molar-refractivity contribution in [2.24, 2.45) is 5.92 Å². The van der Waals surface area contributed by atoms with Crippen LogP contribution in [-0.2, 0) is 0 Å². The quantitative estimate of drug-likeness (QED) is 0.649. The van der Waals surface area contributed by atoms with Gasteiger partial charge in [-0.15, -0.1) is 0 Å². The highest BCUT2D eigenvalue weighted by molar-refractivity contribution is 7.80. The summed E-state index contributed by atoms with van der Waals surface area (Å²) in [5.41, 5.74) is 0. The van der Waals surface area contributed by atoms with Gasteiger partial charge in [0.2, 0.25) is 0 Å². The Labute approximate surface area is 79.1 Å². The van der Waals surface area contributed by atoms with E-state index in [0.29, 0.717) is 12.1 Å². The third kappa shape index (κ3) is 2.34. The molecule has 0 aromatic heterocycles. The Morgan fingerprint density at radius 3 is 2.50 bits per heavy atom. The molecule has 0 aromatic carbocycles. The molecule has 1 unspecified atom stereocenters. The normalized spacial score (nSPS) is 24.8. The third-order valence-electron chi connectivity index (χ3n) is 2.60. The third-order valence-corrected chi connectivity index (χ3v) is 2.84. The Hall–Kier alpha value is -0.310. The molecule has 2 fully saturated rings. The summed E-state index contributed by atoms with van der Waals surface area (Å²) in [6.07, 6.45) is 5.33. The van der Waals surface area contributed by atoms with E-state index >= 15 is 0 Å². The molecule has 12 heavy (non-hydrogen) atoms. The average molecular weight is 184 g/mol. The SMILES string of the molecule is CC(NC(=S)NC1CC1)C1CC1. The van der Waals surface area contributed by atoms with E-state index in [1.807, 2.05) is 0 Å². The molecule has 0 spiro atoms. The van der Waals surface area contributed by atoms with Crippen LogP contribution >= 0.6 is 12.2 Å². The first-order valence-corrected chi connectivity index (χ1v) is 5.23. The van der Waals surface area contributed by atoms with Gasteiger partial charge < -0.3 is 10.6 Å². The van der Waals surface area contributed by atoms with Crippen LogP contribution in [0.4, 0.5) is 0 Å².